The Labute approximate surface area is 125 Å². The number of carboxylic acids is 1. The van der Waals surface area contributed by atoms with Gasteiger partial charge in [-0.05, 0) is 13.8 Å². The fourth-order valence-electron chi connectivity index (χ4n) is 1.14. The minimum absolute atomic E-state index is 0.453. The highest BCUT2D eigenvalue weighted by Gasteiger charge is 2.30. The van der Waals surface area contributed by atoms with Crippen molar-refractivity contribution >= 4 is 25.3 Å². The minimum Gasteiger partial charge on any atom is -0.542 e. The van der Waals surface area contributed by atoms with Gasteiger partial charge in [-0.1, -0.05) is 0 Å². The highest BCUT2D eigenvalue weighted by molar-refractivity contribution is 8.05. The molecule has 0 bridgehead atoms. The van der Waals surface area contributed by atoms with Crippen molar-refractivity contribution < 1.29 is 42.0 Å². The topological polar surface area (TPSA) is 92.3 Å². The van der Waals surface area contributed by atoms with Crippen LogP contribution in [0.1, 0.15) is 13.8 Å². The lowest BCUT2D eigenvalue weighted by Gasteiger charge is -2.24. The van der Waals surface area contributed by atoms with Gasteiger partial charge in [-0.3, -0.25) is 4.57 Å². The molecule has 0 saturated carbocycles. The second-order valence-corrected chi connectivity index (χ2v) is 7.68. The van der Waals surface area contributed by atoms with Crippen molar-refractivity contribution in [3.8, 4) is 0 Å². The predicted octanol–water partition coefficient (Wildman–Crippen LogP) is 0.187. The first kappa shape index (κ1) is 20.7. The van der Waals surface area contributed by atoms with Gasteiger partial charge in [0.2, 0.25) is 0 Å². The van der Waals surface area contributed by atoms with Gasteiger partial charge in [-0.25, -0.2) is 0 Å². The standard InChI is InChI=1S/C8H18NO3PS.C2HF3O2/c1-3-11-13(10,12-4-2)7-14-8-5-9-6-8;3-2(4,5)1(6)7/h8-9H,3-7H2,1-2H3;(H,6,7). The third-order valence-corrected chi connectivity index (χ3v) is 6.23. The van der Waals surface area contributed by atoms with Crippen LogP contribution in [0.15, 0.2) is 0 Å². The number of rotatable bonds is 7. The van der Waals surface area contributed by atoms with E-state index in [0.29, 0.717) is 24.0 Å². The lowest BCUT2D eigenvalue weighted by atomic mass is 10.3. The van der Waals surface area contributed by atoms with Crippen molar-refractivity contribution in [3.63, 3.8) is 0 Å². The molecule has 1 aliphatic rings. The molecule has 0 aliphatic carbocycles. The van der Waals surface area contributed by atoms with Crippen LogP contribution in [0.5, 0.6) is 0 Å². The monoisotopic (exact) mass is 353 g/mol. The predicted molar refractivity (Wildman–Crippen MR) is 69.8 cm³/mol. The Morgan fingerprint density at radius 2 is 1.76 bits per heavy atom. The highest BCUT2D eigenvalue weighted by atomic mass is 32.2. The first-order valence-electron chi connectivity index (χ1n) is 6.24. The van der Waals surface area contributed by atoms with Crippen LogP contribution in [0.3, 0.4) is 0 Å². The number of quaternary nitrogens is 1. The van der Waals surface area contributed by atoms with Gasteiger partial charge in [0, 0.05) is 0 Å². The van der Waals surface area contributed by atoms with E-state index in [-0.39, 0.29) is 0 Å². The molecule has 1 heterocycles. The van der Waals surface area contributed by atoms with Gasteiger partial charge in [0.1, 0.15) is 11.2 Å². The van der Waals surface area contributed by atoms with Gasteiger partial charge in [-0.15, -0.1) is 11.8 Å². The summed E-state index contributed by atoms with van der Waals surface area (Å²) in [4.78, 5) is 8.78. The van der Waals surface area contributed by atoms with Crippen LogP contribution in [0.2, 0.25) is 0 Å². The maximum atomic E-state index is 12.0. The summed E-state index contributed by atoms with van der Waals surface area (Å²) in [6.45, 7) is 6.84. The number of aliphatic carboxylic acids is 1. The Hall–Kier alpha value is -0.280. The van der Waals surface area contributed by atoms with Gasteiger partial charge in [0.05, 0.1) is 31.8 Å². The second kappa shape index (κ2) is 9.68. The Bertz CT molecular complexity index is 355. The molecule has 0 unspecified atom stereocenters. The van der Waals surface area contributed by atoms with E-state index in [0.717, 1.165) is 13.1 Å². The van der Waals surface area contributed by atoms with E-state index in [1.165, 1.54) is 0 Å². The molecule has 21 heavy (non-hydrogen) atoms. The third-order valence-electron chi connectivity index (χ3n) is 2.21. The summed E-state index contributed by atoms with van der Waals surface area (Å²) in [5.41, 5.74) is 0.493. The molecular formula is C10H19F3NO5PS. The molecule has 1 rings (SSSR count). The number of halogens is 3. The average Bonchev–Trinajstić information content (AvgIpc) is 2.26. The third kappa shape index (κ3) is 9.36. The molecule has 126 valence electrons. The quantitative estimate of drug-likeness (QED) is 0.657. The van der Waals surface area contributed by atoms with E-state index >= 15 is 0 Å². The van der Waals surface area contributed by atoms with E-state index in [4.69, 9.17) is 18.9 Å². The second-order valence-electron chi connectivity index (χ2n) is 3.91. The van der Waals surface area contributed by atoms with Crippen molar-refractivity contribution in [2.45, 2.75) is 25.3 Å². The van der Waals surface area contributed by atoms with Gasteiger partial charge < -0.3 is 24.3 Å². The van der Waals surface area contributed by atoms with Crippen LogP contribution >= 0.6 is 19.4 Å². The maximum absolute atomic E-state index is 12.0. The summed E-state index contributed by atoms with van der Waals surface area (Å²) >= 11 is 1.71. The average molecular weight is 353 g/mol. The van der Waals surface area contributed by atoms with Crippen LogP contribution in [-0.4, -0.2) is 49.2 Å². The Morgan fingerprint density at radius 1 is 1.33 bits per heavy atom. The van der Waals surface area contributed by atoms with Crippen LogP contribution in [0.25, 0.3) is 0 Å². The fraction of sp³-hybridized carbons (Fsp3) is 0.900. The van der Waals surface area contributed by atoms with Crippen LogP contribution in [0, 0.1) is 0 Å². The van der Waals surface area contributed by atoms with E-state index in [2.05, 4.69) is 5.32 Å². The Kier molecular flexibility index (Phi) is 9.55. The minimum atomic E-state index is -5.19. The molecule has 0 aromatic carbocycles. The molecule has 2 N–H and O–H groups in total. The Morgan fingerprint density at radius 3 is 2.00 bits per heavy atom. The number of carbonyl (C=O) groups excluding carboxylic acids is 1. The van der Waals surface area contributed by atoms with E-state index < -0.39 is 19.7 Å². The molecule has 0 spiro atoms. The smallest absolute Gasteiger partial charge is 0.430 e. The zero-order valence-corrected chi connectivity index (χ0v) is 13.4. The maximum Gasteiger partial charge on any atom is 0.430 e. The molecule has 11 heteroatoms. The molecule has 0 radical (unpaired) electrons. The van der Waals surface area contributed by atoms with Gasteiger partial charge in [0.15, 0.2) is 0 Å². The van der Waals surface area contributed by atoms with E-state index in [1.54, 1.807) is 11.8 Å². The summed E-state index contributed by atoms with van der Waals surface area (Å²) in [6, 6.07) is 0. The number of hydrogen-bond donors (Lipinski definition) is 1. The largest absolute Gasteiger partial charge is 0.542 e. The first-order valence-corrected chi connectivity index (χ1v) is 9.01. The zero-order chi connectivity index (χ0) is 16.5. The number of carboxylic acid groups (broad SMARTS) is 1. The summed E-state index contributed by atoms with van der Waals surface area (Å²) in [6.07, 6.45) is -5.19. The molecule has 0 amide bonds. The molecule has 0 aromatic rings. The first-order chi connectivity index (χ1) is 9.64. The summed E-state index contributed by atoms with van der Waals surface area (Å²) in [5.74, 6) is -3.01. The van der Waals surface area contributed by atoms with Crippen molar-refractivity contribution in [1.82, 2.24) is 0 Å². The number of hydrogen-bond acceptors (Lipinski definition) is 6. The van der Waals surface area contributed by atoms with Crippen LogP contribution in [-0.2, 0) is 18.4 Å². The van der Waals surface area contributed by atoms with Crippen LogP contribution < -0.4 is 10.4 Å². The number of alkyl halides is 3. The van der Waals surface area contributed by atoms with Crippen molar-refractivity contribution in [1.29, 1.82) is 0 Å². The van der Waals surface area contributed by atoms with Gasteiger partial charge in [-0.2, -0.15) is 13.2 Å². The van der Waals surface area contributed by atoms with Crippen molar-refractivity contribution in [2.24, 2.45) is 0 Å². The molecule has 1 aliphatic heterocycles. The zero-order valence-electron chi connectivity index (χ0n) is 11.7. The van der Waals surface area contributed by atoms with Gasteiger partial charge in [0.25, 0.3) is 0 Å². The molecule has 0 aromatic heterocycles. The van der Waals surface area contributed by atoms with Crippen LogP contribution in [0.4, 0.5) is 13.2 Å². The van der Waals surface area contributed by atoms with Crippen molar-refractivity contribution in [2.75, 3.05) is 31.8 Å². The highest BCUT2D eigenvalue weighted by Crippen LogP contribution is 2.51. The molecule has 0 atom stereocenters. The molecular weight excluding hydrogens is 334 g/mol. The molecule has 1 fully saturated rings. The van der Waals surface area contributed by atoms with E-state index in [1.807, 2.05) is 13.8 Å². The summed E-state index contributed by atoms with van der Waals surface area (Å²) in [7, 11) is -2.80. The van der Waals surface area contributed by atoms with Gasteiger partial charge >= 0.3 is 13.8 Å². The normalized spacial score (nSPS) is 15.9. The van der Waals surface area contributed by atoms with Crippen molar-refractivity contribution in [3.05, 3.63) is 0 Å². The van der Waals surface area contributed by atoms with E-state index in [9.17, 15) is 17.7 Å². The lowest BCUT2D eigenvalue weighted by Crippen LogP contribution is -2.97. The Balaban J connectivity index is 0.000000486. The molecule has 6 nitrogen and oxygen atoms in total. The molecule has 1 saturated heterocycles. The summed E-state index contributed by atoms with van der Waals surface area (Å²) in [5, 5.41) is 11.7. The fourth-order valence-corrected chi connectivity index (χ4v) is 4.72. The summed E-state index contributed by atoms with van der Waals surface area (Å²) < 4.78 is 53.9. The lowest BCUT2D eigenvalue weighted by molar-refractivity contribution is -0.701. The number of nitrogens with two attached hydrogens (primary N) is 1. The number of thioether (sulfide) groups is 1. The number of carbonyl (C=O) groups is 1. The SMILES string of the molecule is CCOP(=O)(CSC1C[NH2+]C1)OCC.O=C([O-])C(F)(F)F.